The number of hydrogen-bond donors (Lipinski definition) is 1. The highest BCUT2D eigenvalue weighted by Gasteiger charge is 2.09. The van der Waals surface area contributed by atoms with Crippen LogP contribution in [0.5, 0.6) is 0 Å². The van der Waals surface area contributed by atoms with Crippen LogP contribution in [0.15, 0.2) is 28.7 Å². The van der Waals surface area contributed by atoms with Crippen molar-refractivity contribution in [1.29, 1.82) is 0 Å². The zero-order chi connectivity index (χ0) is 9.14. The summed E-state index contributed by atoms with van der Waals surface area (Å²) in [5.74, 6) is 0. The standard InChI is InChI=1S/C8H9BrO2S/c1-6(12(10)11)7-4-2-3-5-8(7)9/h2-6,12H,1H3. The topological polar surface area (TPSA) is 34.1 Å². The van der Waals surface area contributed by atoms with Crippen LogP contribution in [-0.2, 0) is 10.7 Å². The van der Waals surface area contributed by atoms with Crippen LogP contribution in [0.25, 0.3) is 0 Å². The molecule has 12 heavy (non-hydrogen) atoms. The van der Waals surface area contributed by atoms with Crippen LogP contribution in [-0.4, -0.2) is 8.42 Å². The van der Waals surface area contributed by atoms with E-state index in [0.29, 0.717) is 0 Å². The number of thiol groups is 1. The molecule has 1 unspecified atom stereocenters. The van der Waals surface area contributed by atoms with Gasteiger partial charge in [-0.25, -0.2) is 8.42 Å². The summed E-state index contributed by atoms with van der Waals surface area (Å²) in [6.45, 7) is 1.67. The monoisotopic (exact) mass is 248 g/mol. The van der Waals surface area contributed by atoms with E-state index in [1.54, 1.807) is 13.0 Å². The van der Waals surface area contributed by atoms with E-state index in [9.17, 15) is 8.42 Å². The zero-order valence-electron chi connectivity index (χ0n) is 6.53. The SMILES string of the molecule is CC(c1ccccc1Br)[SH](=O)=O. The van der Waals surface area contributed by atoms with Crippen LogP contribution in [0.2, 0.25) is 0 Å². The summed E-state index contributed by atoms with van der Waals surface area (Å²) in [7, 11) is -2.38. The normalized spacial score (nSPS) is 13.2. The molecule has 0 saturated carbocycles. The lowest BCUT2D eigenvalue weighted by molar-refractivity contribution is 0.606. The first kappa shape index (κ1) is 9.74. The van der Waals surface area contributed by atoms with Gasteiger partial charge in [0, 0.05) is 4.47 Å². The minimum Gasteiger partial charge on any atom is -0.231 e. The van der Waals surface area contributed by atoms with Crippen LogP contribution in [0.4, 0.5) is 0 Å². The van der Waals surface area contributed by atoms with Crippen molar-refractivity contribution in [2.45, 2.75) is 12.2 Å². The molecule has 0 aromatic heterocycles. The average Bonchev–Trinajstić information content (AvgIpc) is 2.04. The Bertz CT molecular complexity index is 339. The number of benzene rings is 1. The highest BCUT2D eigenvalue weighted by atomic mass is 79.9. The fourth-order valence-electron chi connectivity index (χ4n) is 0.927. The molecular weight excluding hydrogens is 240 g/mol. The smallest absolute Gasteiger partial charge is 0.146 e. The Kier molecular flexibility index (Phi) is 3.29. The van der Waals surface area contributed by atoms with E-state index < -0.39 is 16.0 Å². The van der Waals surface area contributed by atoms with Crippen molar-refractivity contribution in [3.05, 3.63) is 34.3 Å². The van der Waals surface area contributed by atoms with E-state index in [4.69, 9.17) is 0 Å². The molecule has 1 aromatic rings. The third-order valence-electron chi connectivity index (χ3n) is 1.67. The Morgan fingerprint density at radius 1 is 1.33 bits per heavy atom. The van der Waals surface area contributed by atoms with Gasteiger partial charge in [-0.2, -0.15) is 0 Å². The molecule has 0 spiro atoms. The highest BCUT2D eigenvalue weighted by molar-refractivity contribution is 9.10. The molecule has 0 radical (unpaired) electrons. The Labute approximate surface area is 81.7 Å². The molecule has 0 aliphatic heterocycles. The molecule has 0 heterocycles. The van der Waals surface area contributed by atoms with Gasteiger partial charge in [-0.05, 0) is 18.6 Å². The molecule has 2 nitrogen and oxygen atoms in total. The molecule has 66 valence electrons. The summed E-state index contributed by atoms with van der Waals surface area (Å²) >= 11 is 3.30. The summed E-state index contributed by atoms with van der Waals surface area (Å²) in [5, 5.41) is -0.421. The van der Waals surface area contributed by atoms with Gasteiger partial charge in [-0.15, -0.1) is 0 Å². The number of halogens is 1. The second-order valence-corrected chi connectivity index (χ2v) is 4.68. The van der Waals surface area contributed by atoms with Crippen LogP contribution < -0.4 is 0 Å². The van der Waals surface area contributed by atoms with Gasteiger partial charge < -0.3 is 0 Å². The van der Waals surface area contributed by atoms with Crippen LogP contribution in [0.3, 0.4) is 0 Å². The summed E-state index contributed by atoms with van der Waals surface area (Å²) in [4.78, 5) is 0. The molecule has 0 N–H and O–H groups in total. The van der Waals surface area contributed by atoms with Gasteiger partial charge in [-0.3, -0.25) is 0 Å². The molecule has 0 aliphatic carbocycles. The molecule has 0 fully saturated rings. The maximum Gasteiger partial charge on any atom is 0.146 e. The summed E-state index contributed by atoms with van der Waals surface area (Å²) < 4.78 is 22.2. The van der Waals surface area contributed by atoms with Gasteiger partial charge >= 0.3 is 0 Å². The third-order valence-corrected chi connectivity index (χ3v) is 3.30. The van der Waals surface area contributed by atoms with Crippen molar-refractivity contribution in [3.8, 4) is 0 Å². The van der Waals surface area contributed by atoms with E-state index in [1.165, 1.54) is 0 Å². The second kappa shape index (κ2) is 4.05. The molecule has 0 aliphatic rings. The molecular formula is C8H9BrO2S. The molecule has 0 bridgehead atoms. The van der Waals surface area contributed by atoms with E-state index in [2.05, 4.69) is 15.9 Å². The van der Waals surface area contributed by atoms with Gasteiger partial charge in [0.15, 0.2) is 0 Å². The Morgan fingerprint density at radius 2 is 1.92 bits per heavy atom. The van der Waals surface area contributed by atoms with E-state index in [0.717, 1.165) is 10.0 Å². The third kappa shape index (κ3) is 2.08. The first-order valence-corrected chi connectivity index (χ1v) is 5.55. The molecule has 0 amide bonds. The van der Waals surface area contributed by atoms with Crippen molar-refractivity contribution < 1.29 is 8.42 Å². The maximum absolute atomic E-state index is 10.7. The molecule has 1 aromatic carbocycles. The van der Waals surface area contributed by atoms with Gasteiger partial charge in [-0.1, -0.05) is 34.1 Å². The summed E-state index contributed by atoms with van der Waals surface area (Å²) in [5.41, 5.74) is 0.814. The van der Waals surface area contributed by atoms with E-state index in [-0.39, 0.29) is 0 Å². The first-order chi connectivity index (χ1) is 5.63. The van der Waals surface area contributed by atoms with Crippen molar-refractivity contribution in [2.24, 2.45) is 0 Å². The number of rotatable bonds is 2. The Balaban J connectivity index is 3.11. The van der Waals surface area contributed by atoms with Gasteiger partial charge in [0.1, 0.15) is 10.7 Å². The molecule has 1 rings (SSSR count). The molecule has 4 heteroatoms. The zero-order valence-corrected chi connectivity index (χ0v) is 9.01. The minimum absolute atomic E-state index is 0.421. The van der Waals surface area contributed by atoms with Crippen molar-refractivity contribution >= 4 is 26.6 Å². The van der Waals surface area contributed by atoms with Crippen LogP contribution in [0.1, 0.15) is 17.7 Å². The molecule has 0 saturated heterocycles. The van der Waals surface area contributed by atoms with Crippen LogP contribution >= 0.6 is 15.9 Å². The quantitative estimate of drug-likeness (QED) is 0.814. The molecule has 1 atom stereocenters. The second-order valence-electron chi connectivity index (χ2n) is 2.48. The predicted molar refractivity (Wildman–Crippen MR) is 52.9 cm³/mol. The van der Waals surface area contributed by atoms with Gasteiger partial charge in [0.2, 0.25) is 0 Å². The fraction of sp³-hybridized carbons (Fsp3) is 0.250. The number of hydrogen-bond acceptors (Lipinski definition) is 2. The van der Waals surface area contributed by atoms with Crippen LogP contribution in [0, 0.1) is 0 Å². The Hall–Kier alpha value is -0.350. The van der Waals surface area contributed by atoms with E-state index in [1.807, 2.05) is 18.2 Å². The largest absolute Gasteiger partial charge is 0.231 e. The van der Waals surface area contributed by atoms with Crippen molar-refractivity contribution in [2.75, 3.05) is 0 Å². The fourth-order valence-corrected chi connectivity index (χ4v) is 2.18. The average molecular weight is 249 g/mol. The summed E-state index contributed by atoms with van der Waals surface area (Å²) in [6, 6.07) is 7.33. The lowest BCUT2D eigenvalue weighted by Gasteiger charge is -2.05. The lowest BCUT2D eigenvalue weighted by atomic mass is 10.2. The minimum atomic E-state index is -2.38. The Morgan fingerprint density at radius 3 is 2.42 bits per heavy atom. The maximum atomic E-state index is 10.7. The van der Waals surface area contributed by atoms with Gasteiger partial charge in [0.25, 0.3) is 0 Å². The lowest BCUT2D eigenvalue weighted by Crippen LogP contribution is -1.95. The van der Waals surface area contributed by atoms with Crippen molar-refractivity contribution in [3.63, 3.8) is 0 Å². The van der Waals surface area contributed by atoms with Crippen molar-refractivity contribution in [1.82, 2.24) is 0 Å². The van der Waals surface area contributed by atoms with Gasteiger partial charge in [0.05, 0.1) is 5.25 Å². The van der Waals surface area contributed by atoms with E-state index >= 15 is 0 Å². The highest BCUT2D eigenvalue weighted by Crippen LogP contribution is 2.24. The first-order valence-electron chi connectivity index (χ1n) is 3.51. The predicted octanol–water partition coefficient (Wildman–Crippen LogP) is 2.12. The summed E-state index contributed by atoms with van der Waals surface area (Å²) in [6.07, 6.45) is 0.